The van der Waals surface area contributed by atoms with Crippen LogP contribution in [0.4, 0.5) is 0 Å². The number of hydrogen-bond donors (Lipinski definition) is 2. The molecule has 3 nitrogen and oxygen atoms in total. The Balaban J connectivity index is 1.63. The van der Waals surface area contributed by atoms with Gasteiger partial charge in [0.05, 0.1) is 0 Å². The van der Waals surface area contributed by atoms with Gasteiger partial charge in [-0.05, 0) is 47.3 Å². The maximum Gasteiger partial charge on any atom is 0.488 e. The fourth-order valence-electron chi connectivity index (χ4n) is 4.27. The topological polar surface area (TPSA) is 45.4 Å². The first-order chi connectivity index (χ1) is 12.7. The second-order valence-corrected chi connectivity index (χ2v) is 7.60. The molecule has 3 aromatic rings. The molecule has 2 aromatic carbocycles. The lowest BCUT2D eigenvalue weighted by molar-refractivity contribution is 0.320. The van der Waals surface area contributed by atoms with E-state index in [-0.39, 0.29) is 0 Å². The summed E-state index contributed by atoms with van der Waals surface area (Å²) in [7, 11) is -1.40. The van der Waals surface area contributed by atoms with Gasteiger partial charge >= 0.3 is 7.12 Å². The van der Waals surface area contributed by atoms with Crippen LogP contribution in [0.3, 0.4) is 0 Å². The van der Waals surface area contributed by atoms with Gasteiger partial charge in [-0.1, -0.05) is 61.7 Å². The summed E-state index contributed by atoms with van der Waals surface area (Å²) in [5, 5.41) is 19.9. The molecule has 1 aliphatic carbocycles. The number of para-hydroxylation sites is 1. The maximum absolute atomic E-state index is 9.28. The summed E-state index contributed by atoms with van der Waals surface area (Å²) >= 11 is 0. The molecule has 0 unspecified atom stereocenters. The van der Waals surface area contributed by atoms with Crippen molar-refractivity contribution in [3.63, 3.8) is 0 Å². The fraction of sp³-hybridized carbons (Fsp3) is 0.364. The summed E-state index contributed by atoms with van der Waals surface area (Å²) in [5.41, 5.74) is 4.41. The summed E-state index contributed by atoms with van der Waals surface area (Å²) in [6.07, 6.45) is 7.67. The smallest absolute Gasteiger partial charge is 0.423 e. The Morgan fingerprint density at radius 1 is 0.923 bits per heavy atom. The van der Waals surface area contributed by atoms with Crippen LogP contribution >= 0.6 is 0 Å². The molecule has 0 amide bonds. The molecule has 0 atom stereocenters. The number of fused-ring (bicyclic) bond motifs is 1. The molecule has 2 N–H and O–H groups in total. The quantitative estimate of drug-likeness (QED) is 0.694. The minimum atomic E-state index is -1.40. The molecule has 1 aromatic heterocycles. The van der Waals surface area contributed by atoms with Gasteiger partial charge in [0.1, 0.15) is 0 Å². The SMILES string of the molecule is OB(O)c1ccc(Cc2cc3ccccc3n2CC2CCCCC2)cc1. The van der Waals surface area contributed by atoms with Crippen molar-refractivity contribution < 1.29 is 10.0 Å². The number of aromatic nitrogens is 1. The highest BCUT2D eigenvalue weighted by Gasteiger charge is 2.17. The van der Waals surface area contributed by atoms with Gasteiger partial charge in [0.2, 0.25) is 0 Å². The Morgan fingerprint density at radius 3 is 2.38 bits per heavy atom. The summed E-state index contributed by atoms with van der Waals surface area (Å²) in [6.45, 7) is 1.11. The molecular formula is C22H26BNO2. The van der Waals surface area contributed by atoms with Crippen molar-refractivity contribution in [3.8, 4) is 0 Å². The summed E-state index contributed by atoms with van der Waals surface area (Å²) in [6, 6.07) is 18.6. The third-order valence-electron chi connectivity index (χ3n) is 5.72. The van der Waals surface area contributed by atoms with Gasteiger partial charge in [-0.3, -0.25) is 0 Å². The molecule has 1 aliphatic rings. The predicted molar refractivity (Wildman–Crippen MR) is 108 cm³/mol. The third-order valence-corrected chi connectivity index (χ3v) is 5.72. The van der Waals surface area contributed by atoms with E-state index in [0.29, 0.717) is 5.46 Å². The molecule has 0 radical (unpaired) electrons. The molecule has 1 saturated carbocycles. The molecular weight excluding hydrogens is 321 g/mol. The zero-order valence-electron chi connectivity index (χ0n) is 15.1. The first kappa shape index (κ1) is 17.4. The fourth-order valence-corrected chi connectivity index (χ4v) is 4.27. The van der Waals surface area contributed by atoms with Crippen molar-refractivity contribution in [2.24, 2.45) is 5.92 Å². The van der Waals surface area contributed by atoms with Gasteiger partial charge in [-0.2, -0.15) is 0 Å². The van der Waals surface area contributed by atoms with Gasteiger partial charge in [0, 0.05) is 24.2 Å². The van der Waals surface area contributed by atoms with Crippen LogP contribution in [0.5, 0.6) is 0 Å². The first-order valence-corrected chi connectivity index (χ1v) is 9.73. The lowest BCUT2D eigenvalue weighted by Gasteiger charge is -2.24. The summed E-state index contributed by atoms with van der Waals surface area (Å²) in [5.74, 6) is 0.783. The van der Waals surface area contributed by atoms with E-state index < -0.39 is 7.12 Å². The Labute approximate surface area is 155 Å². The second kappa shape index (κ2) is 7.69. The van der Waals surface area contributed by atoms with E-state index in [9.17, 15) is 10.0 Å². The molecule has 0 saturated heterocycles. The van der Waals surface area contributed by atoms with Crippen LogP contribution in [0, 0.1) is 5.92 Å². The average molecular weight is 347 g/mol. The van der Waals surface area contributed by atoms with E-state index in [0.717, 1.165) is 18.9 Å². The lowest BCUT2D eigenvalue weighted by atomic mass is 9.80. The summed E-state index contributed by atoms with van der Waals surface area (Å²) in [4.78, 5) is 0. The molecule has 0 spiro atoms. The van der Waals surface area contributed by atoms with Gasteiger partial charge in [0.25, 0.3) is 0 Å². The van der Waals surface area contributed by atoms with Gasteiger partial charge < -0.3 is 14.6 Å². The van der Waals surface area contributed by atoms with Crippen LogP contribution in [-0.4, -0.2) is 21.7 Å². The van der Waals surface area contributed by atoms with E-state index in [2.05, 4.69) is 34.9 Å². The minimum Gasteiger partial charge on any atom is -0.423 e. The van der Waals surface area contributed by atoms with E-state index in [1.165, 1.54) is 54.3 Å². The van der Waals surface area contributed by atoms with Crippen LogP contribution in [0.1, 0.15) is 43.4 Å². The molecule has 4 heteroatoms. The van der Waals surface area contributed by atoms with Gasteiger partial charge in [-0.25, -0.2) is 0 Å². The molecule has 4 rings (SSSR count). The molecule has 26 heavy (non-hydrogen) atoms. The average Bonchev–Trinajstić information content (AvgIpc) is 3.00. The van der Waals surface area contributed by atoms with Crippen LogP contribution in [0.2, 0.25) is 0 Å². The van der Waals surface area contributed by atoms with Gasteiger partial charge in [-0.15, -0.1) is 0 Å². The van der Waals surface area contributed by atoms with Crippen molar-refractivity contribution in [1.29, 1.82) is 0 Å². The Kier molecular flexibility index (Phi) is 5.14. The largest absolute Gasteiger partial charge is 0.488 e. The van der Waals surface area contributed by atoms with Crippen molar-refractivity contribution >= 4 is 23.5 Å². The molecule has 1 fully saturated rings. The Bertz CT molecular complexity index is 863. The number of benzene rings is 2. The zero-order chi connectivity index (χ0) is 17.9. The highest BCUT2D eigenvalue weighted by atomic mass is 16.4. The van der Waals surface area contributed by atoms with E-state index in [4.69, 9.17) is 0 Å². The maximum atomic E-state index is 9.28. The lowest BCUT2D eigenvalue weighted by Crippen LogP contribution is -2.29. The van der Waals surface area contributed by atoms with Crippen molar-refractivity contribution in [3.05, 3.63) is 65.9 Å². The minimum absolute atomic E-state index is 0.538. The van der Waals surface area contributed by atoms with E-state index in [1.807, 2.05) is 12.1 Å². The molecule has 1 heterocycles. The Morgan fingerprint density at radius 2 is 1.65 bits per heavy atom. The Hall–Kier alpha value is -2.04. The van der Waals surface area contributed by atoms with Crippen LogP contribution < -0.4 is 5.46 Å². The highest BCUT2D eigenvalue weighted by Crippen LogP contribution is 2.29. The zero-order valence-corrected chi connectivity index (χ0v) is 15.1. The predicted octanol–water partition coefficient (Wildman–Crippen LogP) is 3.49. The van der Waals surface area contributed by atoms with Crippen molar-refractivity contribution in [2.75, 3.05) is 0 Å². The second-order valence-electron chi connectivity index (χ2n) is 7.60. The monoisotopic (exact) mass is 347 g/mol. The third kappa shape index (κ3) is 3.72. The van der Waals surface area contributed by atoms with Crippen molar-refractivity contribution in [2.45, 2.75) is 45.1 Å². The number of hydrogen-bond acceptors (Lipinski definition) is 2. The van der Waals surface area contributed by atoms with Crippen LogP contribution in [-0.2, 0) is 13.0 Å². The van der Waals surface area contributed by atoms with E-state index in [1.54, 1.807) is 12.1 Å². The van der Waals surface area contributed by atoms with Gasteiger partial charge in [0.15, 0.2) is 0 Å². The highest BCUT2D eigenvalue weighted by molar-refractivity contribution is 6.58. The van der Waals surface area contributed by atoms with Crippen LogP contribution in [0.25, 0.3) is 10.9 Å². The molecule has 134 valence electrons. The van der Waals surface area contributed by atoms with Crippen molar-refractivity contribution in [1.82, 2.24) is 4.57 Å². The number of rotatable bonds is 5. The number of nitrogens with zero attached hydrogens (tertiary/aromatic N) is 1. The molecule has 0 bridgehead atoms. The normalized spacial score (nSPS) is 15.5. The standard InChI is InChI=1S/C22H26BNO2/c25-23(26)20-12-10-17(11-13-20)14-21-15-19-8-4-5-9-22(19)24(21)16-18-6-2-1-3-7-18/h4-5,8-13,15,18,25-26H,1-3,6-7,14,16H2. The first-order valence-electron chi connectivity index (χ1n) is 9.73. The summed E-state index contributed by atoms with van der Waals surface area (Å²) < 4.78 is 2.51. The van der Waals surface area contributed by atoms with E-state index >= 15 is 0 Å². The molecule has 0 aliphatic heterocycles. The van der Waals surface area contributed by atoms with Crippen LogP contribution in [0.15, 0.2) is 54.6 Å².